The van der Waals surface area contributed by atoms with Crippen LogP contribution in [0.15, 0.2) is 47.8 Å². The number of carbonyl (C=O) groups is 2. The number of ether oxygens (including phenoxy) is 2. The van der Waals surface area contributed by atoms with Gasteiger partial charge >= 0.3 is 6.09 Å². The highest BCUT2D eigenvalue weighted by molar-refractivity contribution is 7.17. The summed E-state index contributed by atoms with van der Waals surface area (Å²) in [5.41, 5.74) is 3.22. The van der Waals surface area contributed by atoms with Crippen LogP contribution in [0.5, 0.6) is 5.75 Å². The van der Waals surface area contributed by atoms with Crippen LogP contribution in [0.4, 0.5) is 16.2 Å². The van der Waals surface area contributed by atoms with E-state index in [9.17, 15) is 9.59 Å². The molecule has 8 nitrogen and oxygen atoms in total. The average molecular weight is 719 g/mol. The lowest BCUT2D eigenvalue weighted by Crippen LogP contribution is -2.46. The lowest BCUT2D eigenvalue weighted by molar-refractivity contribution is -0.119. The van der Waals surface area contributed by atoms with E-state index in [-0.39, 0.29) is 12.6 Å². The van der Waals surface area contributed by atoms with Crippen molar-refractivity contribution in [2.24, 2.45) is 0 Å². The molecule has 2 aromatic carbocycles. The molecule has 0 radical (unpaired) electrons. The van der Waals surface area contributed by atoms with Gasteiger partial charge in [-0.25, -0.2) is 4.79 Å². The molecule has 1 fully saturated rings. The molecule has 3 heterocycles. The second-order valence-electron chi connectivity index (χ2n) is 14.3. The highest BCUT2D eigenvalue weighted by Crippen LogP contribution is 2.33. The molecule has 1 saturated heterocycles. The summed E-state index contributed by atoms with van der Waals surface area (Å²) in [7, 11) is 0. The van der Waals surface area contributed by atoms with Crippen LogP contribution < -0.4 is 19.9 Å². The maximum absolute atomic E-state index is 12.8. The van der Waals surface area contributed by atoms with Crippen LogP contribution in [0.1, 0.15) is 115 Å². The van der Waals surface area contributed by atoms with Gasteiger partial charge in [-0.05, 0) is 67.4 Å². The molecule has 3 aromatic rings. The lowest BCUT2D eigenvalue weighted by Gasteiger charge is -2.36. The predicted molar refractivity (Wildman–Crippen MR) is 213 cm³/mol. The number of hydrogen-bond acceptors (Lipinski definition) is 7. The molecular weight excluding hydrogens is 657 g/mol. The normalized spacial score (nSPS) is 15.0. The molecule has 0 spiro atoms. The van der Waals surface area contributed by atoms with Gasteiger partial charge in [0, 0.05) is 61.0 Å². The van der Waals surface area contributed by atoms with E-state index >= 15 is 0 Å². The zero-order chi connectivity index (χ0) is 35.5. The third kappa shape index (κ3) is 12.7. The number of anilines is 2. The smallest absolute Gasteiger partial charge is 0.408 e. The van der Waals surface area contributed by atoms with Crippen LogP contribution in [-0.2, 0) is 16.0 Å². The molecule has 0 saturated carbocycles. The number of piperazine rings is 1. The van der Waals surface area contributed by atoms with Crippen molar-refractivity contribution in [1.29, 1.82) is 0 Å². The monoisotopic (exact) mass is 718 g/mol. The number of fused-ring (bicyclic) bond motifs is 2. The van der Waals surface area contributed by atoms with Crippen LogP contribution in [0.25, 0.3) is 10.1 Å². The molecule has 2 amide bonds. The van der Waals surface area contributed by atoms with Crippen molar-refractivity contribution in [3.63, 3.8) is 0 Å². The second kappa shape index (κ2) is 21.9. The minimum atomic E-state index is -0.470. The molecule has 1 N–H and O–H groups in total. The summed E-state index contributed by atoms with van der Waals surface area (Å²) in [6.45, 7) is 8.75. The Morgan fingerprint density at radius 3 is 2.25 bits per heavy atom. The van der Waals surface area contributed by atoms with Crippen molar-refractivity contribution < 1.29 is 19.1 Å². The lowest BCUT2D eigenvalue weighted by atomic mass is 10.0. The van der Waals surface area contributed by atoms with E-state index in [2.05, 4.69) is 51.7 Å². The number of unbranched alkanes of at least 4 members (excludes halogenated alkanes) is 13. The number of hydrogen-bond donors (Lipinski definition) is 1. The predicted octanol–water partition coefficient (Wildman–Crippen LogP) is 9.94. The molecule has 2 aliphatic rings. The standard InChI is InChI=1S/C42H62N4O4S/c1-2-3-4-5-6-7-8-9-10-11-12-13-14-25-43-42(48)50-34-46-39-33-36(22-20-35(39)21-23-41(46)47)49-31-16-15-26-44-27-29-45(30-28-44)38-18-17-19-40-37(38)24-32-51-40/h17-20,22,24,32-33H,2-16,21,23,25-31,34H2,1H3,(H,43,48). The van der Waals surface area contributed by atoms with Crippen LogP contribution in [0.2, 0.25) is 0 Å². The first-order valence-electron chi connectivity index (χ1n) is 20.0. The number of alkyl carbamates (subject to hydrolysis) is 1. The average Bonchev–Trinajstić information content (AvgIpc) is 3.64. The summed E-state index contributed by atoms with van der Waals surface area (Å²) < 4.78 is 13.0. The van der Waals surface area contributed by atoms with Gasteiger partial charge in [-0.15, -0.1) is 11.3 Å². The van der Waals surface area contributed by atoms with E-state index in [0.717, 1.165) is 75.4 Å². The van der Waals surface area contributed by atoms with Crippen LogP contribution in [0, 0.1) is 0 Å². The molecule has 0 bridgehead atoms. The largest absolute Gasteiger partial charge is 0.494 e. The Hall–Kier alpha value is -3.30. The Morgan fingerprint density at radius 1 is 0.784 bits per heavy atom. The van der Waals surface area contributed by atoms with E-state index < -0.39 is 6.09 Å². The van der Waals surface area contributed by atoms with Crippen molar-refractivity contribution in [3.8, 4) is 5.75 Å². The molecule has 1 aromatic heterocycles. The van der Waals surface area contributed by atoms with Gasteiger partial charge in [-0.1, -0.05) is 96.1 Å². The number of benzene rings is 2. The summed E-state index contributed by atoms with van der Waals surface area (Å²) in [4.78, 5) is 31.9. The van der Waals surface area contributed by atoms with Gasteiger partial charge in [0.05, 0.1) is 12.3 Å². The van der Waals surface area contributed by atoms with Gasteiger partial charge in [0.1, 0.15) is 5.75 Å². The minimum absolute atomic E-state index is 0.0314. The quantitative estimate of drug-likeness (QED) is 0.0985. The number of rotatable bonds is 23. The molecule has 0 atom stereocenters. The van der Waals surface area contributed by atoms with Gasteiger partial charge in [0.25, 0.3) is 0 Å². The number of aryl methyl sites for hydroxylation is 1. The summed E-state index contributed by atoms with van der Waals surface area (Å²) in [5.74, 6) is 0.715. The SMILES string of the molecule is CCCCCCCCCCCCCCCNC(=O)OCN1C(=O)CCc2ccc(OCCCCN3CCN(c4cccc5sccc45)CC3)cc21. The molecule has 280 valence electrons. The first-order valence-corrected chi connectivity index (χ1v) is 20.9. The van der Waals surface area contributed by atoms with Crippen LogP contribution in [0.3, 0.4) is 0 Å². The van der Waals surface area contributed by atoms with Gasteiger partial charge in [0.15, 0.2) is 6.73 Å². The Kier molecular flexibility index (Phi) is 16.7. The highest BCUT2D eigenvalue weighted by atomic mass is 32.1. The fourth-order valence-corrected chi connectivity index (χ4v) is 8.16. The second-order valence-corrected chi connectivity index (χ2v) is 15.3. The number of nitrogens with zero attached hydrogens (tertiary/aromatic N) is 3. The fourth-order valence-electron chi connectivity index (χ4n) is 7.35. The van der Waals surface area contributed by atoms with E-state index in [1.165, 1.54) is 86.4 Å². The van der Waals surface area contributed by atoms with E-state index in [1.807, 2.05) is 29.5 Å². The van der Waals surface area contributed by atoms with Gasteiger partial charge in [-0.3, -0.25) is 14.6 Å². The van der Waals surface area contributed by atoms with Gasteiger partial charge in [0.2, 0.25) is 5.91 Å². The Labute approximate surface area is 310 Å². The molecule has 0 aliphatic carbocycles. The molecule has 0 unspecified atom stereocenters. The fraction of sp³-hybridized carbons (Fsp3) is 0.619. The van der Waals surface area contributed by atoms with Crippen molar-refractivity contribution in [1.82, 2.24) is 10.2 Å². The Bertz CT molecular complexity index is 1470. The van der Waals surface area contributed by atoms with Gasteiger partial charge in [-0.2, -0.15) is 0 Å². The van der Waals surface area contributed by atoms with Crippen molar-refractivity contribution in [2.45, 2.75) is 116 Å². The molecule has 5 rings (SSSR count). The van der Waals surface area contributed by atoms with Crippen molar-refractivity contribution >= 4 is 44.8 Å². The summed E-state index contributed by atoms with van der Waals surface area (Å²) in [6.07, 6.45) is 19.5. The van der Waals surface area contributed by atoms with Crippen molar-refractivity contribution in [3.05, 3.63) is 53.4 Å². The Morgan fingerprint density at radius 2 is 1.51 bits per heavy atom. The maximum Gasteiger partial charge on any atom is 0.408 e. The number of nitrogens with one attached hydrogen (secondary N) is 1. The Balaban J connectivity index is 0.918. The third-order valence-electron chi connectivity index (χ3n) is 10.5. The highest BCUT2D eigenvalue weighted by Gasteiger charge is 2.26. The number of carbonyl (C=O) groups excluding carboxylic acids is 2. The van der Waals surface area contributed by atoms with E-state index in [4.69, 9.17) is 9.47 Å². The summed E-state index contributed by atoms with van der Waals surface area (Å²) in [6, 6.07) is 14.8. The molecule has 9 heteroatoms. The molecule has 51 heavy (non-hydrogen) atoms. The summed E-state index contributed by atoms with van der Waals surface area (Å²) >= 11 is 1.81. The zero-order valence-electron chi connectivity index (χ0n) is 31.2. The molecular formula is C42H62N4O4S. The van der Waals surface area contributed by atoms with Crippen LogP contribution in [-0.4, -0.2) is 69.5 Å². The van der Waals surface area contributed by atoms with Crippen molar-refractivity contribution in [2.75, 3.05) is 62.4 Å². The van der Waals surface area contributed by atoms with Gasteiger partial charge < -0.3 is 19.7 Å². The van der Waals surface area contributed by atoms with E-state index in [0.29, 0.717) is 26.0 Å². The summed E-state index contributed by atoms with van der Waals surface area (Å²) in [5, 5.41) is 6.42. The maximum atomic E-state index is 12.8. The topological polar surface area (TPSA) is 74.3 Å². The van der Waals surface area contributed by atoms with E-state index in [1.54, 1.807) is 4.90 Å². The number of thiophene rings is 1. The third-order valence-corrected chi connectivity index (χ3v) is 11.3. The number of amides is 2. The minimum Gasteiger partial charge on any atom is -0.494 e. The zero-order valence-corrected chi connectivity index (χ0v) is 32.0. The first-order chi connectivity index (χ1) is 25.1. The van der Waals surface area contributed by atoms with Crippen LogP contribution >= 0.6 is 11.3 Å². The first kappa shape index (κ1) is 38.9. The molecule has 2 aliphatic heterocycles.